The van der Waals surface area contributed by atoms with E-state index < -0.39 is 0 Å². The summed E-state index contributed by atoms with van der Waals surface area (Å²) in [6.45, 7) is 6.57. The van der Waals surface area contributed by atoms with Gasteiger partial charge < -0.3 is 9.80 Å². The van der Waals surface area contributed by atoms with E-state index in [2.05, 4.69) is 25.9 Å². The van der Waals surface area contributed by atoms with Crippen LogP contribution in [0.3, 0.4) is 0 Å². The highest BCUT2D eigenvalue weighted by Crippen LogP contribution is 2.24. The molecule has 0 spiro atoms. The van der Waals surface area contributed by atoms with E-state index in [1.807, 2.05) is 24.8 Å². The van der Waals surface area contributed by atoms with Crippen molar-refractivity contribution in [3.05, 3.63) is 41.5 Å². The number of thioether (sulfide) groups is 1. The summed E-state index contributed by atoms with van der Waals surface area (Å²) in [6, 6.07) is 4.08. The predicted octanol–water partition coefficient (Wildman–Crippen LogP) is 1.80. The lowest BCUT2D eigenvalue weighted by Gasteiger charge is -2.35. The van der Waals surface area contributed by atoms with E-state index in [0.717, 1.165) is 30.2 Å². The van der Waals surface area contributed by atoms with E-state index in [0.29, 0.717) is 23.7 Å². The fourth-order valence-electron chi connectivity index (χ4n) is 2.90. The summed E-state index contributed by atoms with van der Waals surface area (Å²) in [6.07, 6.45) is 5.06. The molecule has 2 aromatic rings. The van der Waals surface area contributed by atoms with Gasteiger partial charge in [0, 0.05) is 44.3 Å². The number of amides is 1. The minimum atomic E-state index is 0.0682. The maximum atomic E-state index is 12.5. The molecule has 0 aliphatic carbocycles. The van der Waals surface area contributed by atoms with Gasteiger partial charge in [-0.25, -0.2) is 9.97 Å². The lowest BCUT2D eigenvalue weighted by molar-refractivity contribution is -0.128. The summed E-state index contributed by atoms with van der Waals surface area (Å²) in [7, 11) is 0. The van der Waals surface area contributed by atoms with Crippen molar-refractivity contribution in [2.45, 2.75) is 18.9 Å². The molecule has 0 aromatic carbocycles. The molecule has 0 N–H and O–H groups in total. The van der Waals surface area contributed by atoms with E-state index in [1.165, 1.54) is 11.8 Å². The molecule has 1 aliphatic rings. The number of nitriles is 1. The Balaban J connectivity index is 1.56. The van der Waals surface area contributed by atoms with Crippen molar-refractivity contribution < 1.29 is 4.79 Å². The molecule has 1 amide bonds. The molecule has 1 fully saturated rings. The molecule has 0 unspecified atom stereocenters. The second-order valence-corrected chi connectivity index (χ2v) is 7.06. The number of rotatable bonds is 4. The van der Waals surface area contributed by atoms with Crippen LogP contribution in [0.25, 0.3) is 0 Å². The number of hydrogen-bond acceptors (Lipinski definition) is 7. The van der Waals surface area contributed by atoms with Gasteiger partial charge in [-0.2, -0.15) is 5.26 Å². The molecule has 0 radical (unpaired) electrons. The van der Waals surface area contributed by atoms with Crippen molar-refractivity contribution in [3.8, 4) is 6.07 Å². The standard InChI is InChI=1S/C18H20N6OS/c1-13-9-14(2)22-18(15(13)10-19)26-12-17(25)24-7-5-23(6-8-24)16-11-20-3-4-21-16/h3-4,9,11H,5-8,12H2,1-2H3. The summed E-state index contributed by atoms with van der Waals surface area (Å²) in [5, 5.41) is 9.96. The first-order chi connectivity index (χ1) is 12.6. The Morgan fingerprint density at radius 3 is 2.69 bits per heavy atom. The second-order valence-electron chi connectivity index (χ2n) is 6.09. The SMILES string of the molecule is Cc1cc(C)c(C#N)c(SCC(=O)N2CCN(c3cnccn3)CC2)n1. The van der Waals surface area contributed by atoms with Crippen molar-refractivity contribution in [2.24, 2.45) is 0 Å². The molecule has 26 heavy (non-hydrogen) atoms. The normalized spacial score (nSPS) is 14.2. The number of aromatic nitrogens is 3. The summed E-state index contributed by atoms with van der Waals surface area (Å²) in [5.41, 5.74) is 2.31. The topological polar surface area (TPSA) is 86.0 Å². The van der Waals surface area contributed by atoms with E-state index in [-0.39, 0.29) is 11.7 Å². The first kappa shape index (κ1) is 18.1. The van der Waals surface area contributed by atoms with E-state index >= 15 is 0 Å². The molecule has 8 heteroatoms. The molecule has 0 atom stereocenters. The molecule has 7 nitrogen and oxygen atoms in total. The smallest absolute Gasteiger partial charge is 0.233 e. The van der Waals surface area contributed by atoms with Crippen LogP contribution < -0.4 is 4.90 Å². The molecule has 0 bridgehead atoms. The van der Waals surface area contributed by atoms with Gasteiger partial charge in [0.15, 0.2) is 0 Å². The maximum absolute atomic E-state index is 12.5. The summed E-state index contributed by atoms with van der Waals surface area (Å²) in [4.78, 5) is 29.3. The summed E-state index contributed by atoms with van der Waals surface area (Å²) in [5.74, 6) is 1.20. The Morgan fingerprint density at radius 1 is 1.27 bits per heavy atom. The molecule has 1 saturated heterocycles. The van der Waals surface area contributed by atoms with E-state index in [1.54, 1.807) is 18.6 Å². The van der Waals surface area contributed by atoms with Gasteiger partial charge in [-0.05, 0) is 25.5 Å². The van der Waals surface area contributed by atoms with Crippen LogP contribution in [0.5, 0.6) is 0 Å². The third-order valence-electron chi connectivity index (χ3n) is 4.26. The minimum Gasteiger partial charge on any atom is -0.352 e. The fraction of sp³-hybridized carbons (Fsp3) is 0.389. The minimum absolute atomic E-state index is 0.0682. The third-order valence-corrected chi connectivity index (χ3v) is 5.22. The monoisotopic (exact) mass is 368 g/mol. The number of aryl methyl sites for hydroxylation is 2. The zero-order valence-electron chi connectivity index (χ0n) is 14.8. The largest absolute Gasteiger partial charge is 0.352 e. The second kappa shape index (κ2) is 8.15. The molecule has 134 valence electrons. The van der Waals surface area contributed by atoms with Crippen LogP contribution in [0.15, 0.2) is 29.7 Å². The van der Waals surface area contributed by atoms with Crippen LogP contribution >= 0.6 is 11.8 Å². The van der Waals surface area contributed by atoms with Crippen LogP contribution in [0, 0.1) is 25.2 Å². The van der Waals surface area contributed by atoms with Crippen molar-refractivity contribution in [1.82, 2.24) is 19.9 Å². The van der Waals surface area contributed by atoms with Gasteiger partial charge in [0.25, 0.3) is 0 Å². The van der Waals surface area contributed by atoms with Gasteiger partial charge in [0.2, 0.25) is 5.91 Å². The molecule has 1 aliphatic heterocycles. The summed E-state index contributed by atoms with van der Waals surface area (Å²) >= 11 is 1.34. The number of hydrogen-bond donors (Lipinski definition) is 0. The van der Waals surface area contributed by atoms with Gasteiger partial charge in [-0.3, -0.25) is 9.78 Å². The van der Waals surface area contributed by atoms with Gasteiger partial charge >= 0.3 is 0 Å². The van der Waals surface area contributed by atoms with E-state index in [9.17, 15) is 10.1 Å². The molecule has 3 heterocycles. The highest BCUT2D eigenvalue weighted by molar-refractivity contribution is 8.00. The molecular weight excluding hydrogens is 348 g/mol. The summed E-state index contributed by atoms with van der Waals surface area (Å²) < 4.78 is 0. The highest BCUT2D eigenvalue weighted by atomic mass is 32.2. The Hall–Kier alpha value is -2.66. The highest BCUT2D eigenvalue weighted by Gasteiger charge is 2.22. The van der Waals surface area contributed by atoms with Crippen LogP contribution in [-0.2, 0) is 4.79 Å². The number of pyridine rings is 1. The van der Waals surface area contributed by atoms with Gasteiger partial charge in [-0.1, -0.05) is 11.8 Å². The maximum Gasteiger partial charge on any atom is 0.233 e. The number of carbonyl (C=O) groups excluding carboxylic acids is 1. The molecule has 3 rings (SSSR count). The Bertz CT molecular complexity index is 828. The number of piperazine rings is 1. The lowest BCUT2D eigenvalue weighted by atomic mass is 10.1. The average molecular weight is 368 g/mol. The van der Waals surface area contributed by atoms with Crippen LogP contribution in [0.2, 0.25) is 0 Å². The Labute approximate surface area is 157 Å². The third kappa shape index (κ3) is 4.11. The number of nitrogens with zero attached hydrogens (tertiary/aromatic N) is 6. The average Bonchev–Trinajstić information content (AvgIpc) is 2.66. The molecule has 0 saturated carbocycles. The fourth-order valence-corrected chi connectivity index (χ4v) is 3.91. The zero-order valence-corrected chi connectivity index (χ0v) is 15.7. The molecular formula is C18H20N6OS. The lowest BCUT2D eigenvalue weighted by Crippen LogP contribution is -2.49. The first-order valence-electron chi connectivity index (χ1n) is 8.38. The van der Waals surface area contributed by atoms with Crippen molar-refractivity contribution >= 4 is 23.5 Å². The van der Waals surface area contributed by atoms with Crippen LogP contribution in [0.1, 0.15) is 16.8 Å². The Kier molecular flexibility index (Phi) is 5.68. The van der Waals surface area contributed by atoms with Crippen LogP contribution in [0.4, 0.5) is 5.82 Å². The van der Waals surface area contributed by atoms with Crippen LogP contribution in [-0.4, -0.2) is 57.7 Å². The van der Waals surface area contributed by atoms with Gasteiger partial charge in [0.1, 0.15) is 16.9 Å². The number of anilines is 1. The van der Waals surface area contributed by atoms with Gasteiger partial charge in [-0.15, -0.1) is 0 Å². The van der Waals surface area contributed by atoms with Gasteiger partial charge in [0.05, 0.1) is 17.5 Å². The predicted molar refractivity (Wildman–Crippen MR) is 100.0 cm³/mol. The van der Waals surface area contributed by atoms with Crippen molar-refractivity contribution in [2.75, 3.05) is 36.8 Å². The first-order valence-corrected chi connectivity index (χ1v) is 9.37. The van der Waals surface area contributed by atoms with E-state index in [4.69, 9.17) is 0 Å². The molecule has 2 aromatic heterocycles. The quantitative estimate of drug-likeness (QED) is 0.761. The number of carbonyl (C=O) groups is 1. The zero-order chi connectivity index (χ0) is 18.5. The Morgan fingerprint density at radius 2 is 2.04 bits per heavy atom. The van der Waals surface area contributed by atoms with Crippen molar-refractivity contribution in [3.63, 3.8) is 0 Å². The van der Waals surface area contributed by atoms with Crippen molar-refractivity contribution in [1.29, 1.82) is 5.26 Å².